The highest BCUT2D eigenvalue weighted by atomic mass is 35.5. The van der Waals surface area contributed by atoms with Gasteiger partial charge in [0.2, 0.25) is 0 Å². The van der Waals surface area contributed by atoms with Crippen LogP contribution in [0.1, 0.15) is 5.56 Å². The molecule has 3 nitrogen and oxygen atoms in total. The molecule has 0 radical (unpaired) electrons. The van der Waals surface area contributed by atoms with Crippen LogP contribution in [-0.4, -0.2) is 16.2 Å². The van der Waals surface area contributed by atoms with Crippen LogP contribution in [0.3, 0.4) is 0 Å². The van der Waals surface area contributed by atoms with E-state index >= 15 is 0 Å². The van der Waals surface area contributed by atoms with Gasteiger partial charge in [-0.25, -0.2) is 4.98 Å². The van der Waals surface area contributed by atoms with Crippen molar-refractivity contribution in [2.24, 2.45) is 0 Å². The number of imidazole rings is 1. The van der Waals surface area contributed by atoms with Crippen molar-refractivity contribution in [1.82, 2.24) is 9.55 Å². The summed E-state index contributed by atoms with van der Waals surface area (Å²) in [6, 6.07) is 19.1. The molecule has 4 rings (SSSR count). The molecule has 0 bridgehead atoms. The van der Waals surface area contributed by atoms with E-state index in [-0.39, 0.29) is 0 Å². The number of benzene rings is 3. The molecule has 3 aromatic carbocycles. The van der Waals surface area contributed by atoms with Gasteiger partial charge in [0.15, 0.2) is 0 Å². The Balaban J connectivity index is 1.66. The Morgan fingerprint density at radius 1 is 0.929 bits per heavy atom. The normalized spacial score (nSPS) is 11.1. The van der Waals surface area contributed by atoms with Crippen LogP contribution in [0.2, 0.25) is 15.1 Å². The number of rotatable bonds is 5. The fourth-order valence-corrected chi connectivity index (χ4v) is 3.75. The van der Waals surface area contributed by atoms with Crippen LogP contribution in [0.4, 0.5) is 0 Å². The molecule has 0 saturated heterocycles. The first-order valence-corrected chi connectivity index (χ1v) is 9.96. The van der Waals surface area contributed by atoms with Gasteiger partial charge in [-0.2, -0.15) is 0 Å². The predicted octanol–water partition coefficient (Wildman–Crippen LogP) is 7.05. The molecule has 0 unspecified atom stereocenters. The summed E-state index contributed by atoms with van der Waals surface area (Å²) in [5.41, 5.74) is 3.76. The summed E-state index contributed by atoms with van der Waals surface area (Å²) in [7, 11) is 0. The standard InChI is InChI=1S/C22H17Cl3N2O/c1-14-12-16(7-9-18(14)24)28-11-10-27-21-5-3-2-4-20(21)26-22(27)17-8-6-15(23)13-19(17)25/h2-9,12-13H,10-11H2,1H3. The maximum absolute atomic E-state index is 6.44. The van der Waals surface area contributed by atoms with Gasteiger partial charge in [0.25, 0.3) is 0 Å². The number of hydrogen-bond acceptors (Lipinski definition) is 2. The molecule has 0 atom stereocenters. The fourth-order valence-electron chi connectivity index (χ4n) is 3.14. The second-order valence-electron chi connectivity index (χ2n) is 6.46. The van der Waals surface area contributed by atoms with Crippen molar-refractivity contribution in [3.8, 4) is 17.1 Å². The highest BCUT2D eigenvalue weighted by Crippen LogP contribution is 2.32. The molecular formula is C22H17Cl3N2O. The SMILES string of the molecule is Cc1cc(OCCn2c(-c3ccc(Cl)cc3Cl)nc3ccccc32)ccc1Cl. The van der Waals surface area contributed by atoms with Gasteiger partial charge < -0.3 is 9.30 Å². The number of fused-ring (bicyclic) bond motifs is 1. The molecule has 142 valence electrons. The molecule has 0 aliphatic carbocycles. The summed E-state index contributed by atoms with van der Waals surface area (Å²) < 4.78 is 8.06. The first-order chi connectivity index (χ1) is 13.5. The van der Waals surface area contributed by atoms with E-state index in [0.29, 0.717) is 23.2 Å². The first kappa shape index (κ1) is 19.1. The third-order valence-electron chi connectivity index (χ3n) is 4.54. The summed E-state index contributed by atoms with van der Waals surface area (Å²) in [6.07, 6.45) is 0. The van der Waals surface area contributed by atoms with E-state index in [0.717, 1.165) is 38.8 Å². The maximum atomic E-state index is 6.44. The number of aryl methyl sites for hydroxylation is 1. The molecule has 0 spiro atoms. The molecule has 28 heavy (non-hydrogen) atoms. The van der Waals surface area contributed by atoms with E-state index in [2.05, 4.69) is 4.57 Å². The third kappa shape index (κ3) is 3.83. The van der Waals surface area contributed by atoms with Crippen molar-refractivity contribution in [2.75, 3.05) is 6.61 Å². The molecule has 1 heterocycles. The summed E-state index contributed by atoms with van der Waals surface area (Å²) in [5, 5.41) is 1.89. The Labute approximate surface area is 178 Å². The number of ether oxygens (including phenoxy) is 1. The summed E-state index contributed by atoms with van der Waals surface area (Å²) in [6.45, 7) is 3.06. The molecule has 1 aromatic heterocycles. The predicted molar refractivity (Wildman–Crippen MR) is 117 cm³/mol. The summed E-state index contributed by atoms with van der Waals surface area (Å²) >= 11 is 18.6. The Kier molecular flexibility index (Phi) is 5.49. The topological polar surface area (TPSA) is 27.1 Å². The number of nitrogens with zero attached hydrogens (tertiary/aromatic N) is 2. The van der Waals surface area contributed by atoms with E-state index in [4.69, 9.17) is 44.5 Å². The Hall–Kier alpha value is -2.20. The highest BCUT2D eigenvalue weighted by Gasteiger charge is 2.15. The third-order valence-corrected chi connectivity index (χ3v) is 5.51. The van der Waals surface area contributed by atoms with Crippen molar-refractivity contribution in [3.63, 3.8) is 0 Å². The lowest BCUT2D eigenvalue weighted by Gasteiger charge is -2.12. The zero-order chi connectivity index (χ0) is 19.7. The lowest BCUT2D eigenvalue weighted by atomic mass is 10.2. The van der Waals surface area contributed by atoms with Crippen LogP contribution in [0, 0.1) is 6.92 Å². The molecule has 0 saturated carbocycles. The minimum Gasteiger partial charge on any atom is -0.492 e. The van der Waals surface area contributed by atoms with Gasteiger partial charge in [-0.3, -0.25) is 0 Å². The smallest absolute Gasteiger partial charge is 0.142 e. The van der Waals surface area contributed by atoms with Gasteiger partial charge in [-0.05, 0) is 61.0 Å². The van der Waals surface area contributed by atoms with Crippen LogP contribution in [0.15, 0.2) is 60.7 Å². The number of halogens is 3. The van der Waals surface area contributed by atoms with Crippen molar-refractivity contribution < 1.29 is 4.74 Å². The quantitative estimate of drug-likeness (QED) is 0.338. The van der Waals surface area contributed by atoms with Gasteiger partial charge in [-0.1, -0.05) is 46.9 Å². The van der Waals surface area contributed by atoms with E-state index in [1.807, 2.05) is 61.5 Å². The monoisotopic (exact) mass is 430 g/mol. The summed E-state index contributed by atoms with van der Waals surface area (Å²) in [5.74, 6) is 1.58. The second kappa shape index (κ2) is 8.04. The van der Waals surface area contributed by atoms with E-state index in [1.54, 1.807) is 6.07 Å². The average molecular weight is 432 g/mol. The van der Waals surface area contributed by atoms with Crippen molar-refractivity contribution in [1.29, 1.82) is 0 Å². The fraction of sp³-hybridized carbons (Fsp3) is 0.136. The van der Waals surface area contributed by atoms with Crippen LogP contribution >= 0.6 is 34.8 Å². The second-order valence-corrected chi connectivity index (χ2v) is 7.71. The van der Waals surface area contributed by atoms with Crippen molar-refractivity contribution in [2.45, 2.75) is 13.5 Å². The van der Waals surface area contributed by atoms with E-state index in [9.17, 15) is 0 Å². The van der Waals surface area contributed by atoms with Crippen LogP contribution in [0.5, 0.6) is 5.75 Å². The lowest BCUT2D eigenvalue weighted by Crippen LogP contribution is -2.09. The summed E-state index contributed by atoms with van der Waals surface area (Å²) in [4.78, 5) is 4.79. The number of para-hydroxylation sites is 2. The first-order valence-electron chi connectivity index (χ1n) is 8.82. The zero-order valence-corrected chi connectivity index (χ0v) is 17.4. The Bertz CT molecular complexity index is 1150. The number of hydrogen-bond donors (Lipinski definition) is 0. The zero-order valence-electron chi connectivity index (χ0n) is 15.1. The molecule has 0 amide bonds. The molecule has 6 heteroatoms. The van der Waals surface area contributed by atoms with Gasteiger partial charge >= 0.3 is 0 Å². The Morgan fingerprint density at radius 2 is 1.75 bits per heavy atom. The Morgan fingerprint density at radius 3 is 2.54 bits per heavy atom. The van der Waals surface area contributed by atoms with Crippen LogP contribution < -0.4 is 4.74 Å². The van der Waals surface area contributed by atoms with Crippen LogP contribution in [-0.2, 0) is 6.54 Å². The maximum Gasteiger partial charge on any atom is 0.142 e. The van der Waals surface area contributed by atoms with Gasteiger partial charge in [-0.15, -0.1) is 0 Å². The minimum absolute atomic E-state index is 0.486. The average Bonchev–Trinajstić information content (AvgIpc) is 3.03. The number of aromatic nitrogens is 2. The van der Waals surface area contributed by atoms with Gasteiger partial charge in [0, 0.05) is 15.6 Å². The largest absolute Gasteiger partial charge is 0.492 e. The molecule has 4 aromatic rings. The lowest BCUT2D eigenvalue weighted by molar-refractivity contribution is 0.300. The van der Waals surface area contributed by atoms with E-state index < -0.39 is 0 Å². The van der Waals surface area contributed by atoms with Gasteiger partial charge in [0.1, 0.15) is 18.2 Å². The molecule has 0 aliphatic heterocycles. The molecule has 0 aliphatic rings. The molecule has 0 N–H and O–H groups in total. The molecular weight excluding hydrogens is 415 g/mol. The minimum atomic E-state index is 0.486. The van der Waals surface area contributed by atoms with E-state index in [1.165, 1.54) is 0 Å². The molecule has 0 fully saturated rings. The highest BCUT2D eigenvalue weighted by molar-refractivity contribution is 6.36. The van der Waals surface area contributed by atoms with Gasteiger partial charge in [0.05, 0.1) is 22.6 Å². The van der Waals surface area contributed by atoms with Crippen molar-refractivity contribution >= 4 is 45.8 Å². The van der Waals surface area contributed by atoms with Crippen LogP contribution in [0.25, 0.3) is 22.4 Å². The van der Waals surface area contributed by atoms with Crippen molar-refractivity contribution in [3.05, 3.63) is 81.3 Å².